The van der Waals surface area contributed by atoms with E-state index in [0.29, 0.717) is 24.1 Å². The first-order chi connectivity index (χ1) is 13.5. The SMILES string of the molecule is COC(=O)c1ccc(CON/C(=C/C(F)=C\N)CCc2ccc(F)cc2)cc1. The quantitative estimate of drug-likeness (QED) is 0.387. The van der Waals surface area contributed by atoms with Crippen LogP contribution in [0.5, 0.6) is 0 Å². The van der Waals surface area contributed by atoms with Gasteiger partial charge in [-0.25, -0.2) is 13.6 Å². The van der Waals surface area contributed by atoms with Crippen LogP contribution in [0.1, 0.15) is 27.9 Å². The van der Waals surface area contributed by atoms with Gasteiger partial charge in [0, 0.05) is 11.9 Å². The maximum absolute atomic E-state index is 13.5. The summed E-state index contributed by atoms with van der Waals surface area (Å²) in [6, 6.07) is 12.8. The van der Waals surface area contributed by atoms with E-state index in [-0.39, 0.29) is 12.4 Å². The van der Waals surface area contributed by atoms with E-state index in [0.717, 1.165) is 17.3 Å². The minimum Gasteiger partial charge on any atom is -0.465 e. The van der Waals surface area contributed by atoms with Gasteiger partial charge in [0.25, 0.3) is 0 Å². The number of hydroxylamine groups is 1. The molecule has 28 heavy (non-hydrogen) atoms. The van der Waals surface area contributed by atoms with Crippen molar-refractivity contribution >= 4 is 5.97 Å². The van der Waals surface area contributed by atoms with E-state index in [4.69, 9.17) is 10.6 Å². The summed E-state index contributed by atoms with van der Waals surface area (Å²) in [5, 5.41) is 0. The Morgan fingerprint density at radius 1 is 1.11 bits per heavy atom. The Morgan fingerprint density at radius 3 is 2.36 bits per heavy atom. The Labute approximate surface area is 162 Å². The molecule has 2 rings (SSSR count). The zero-order valence-corrected chi connectivity index (χ0v) is 15.5. The Bertz CT molecular complexity index is 832. The van der Waals surface area contributed by atoms with Crippen molar-refractivity contribution in [2.45, 2.75) is 19.4 Å². The molecule has 0 fully saturated rings. The summed E-state index contributed by atoms with van der Waals surface area (Å²) < 4.78 is 31.2. The number of aryl methyl sites for hydroxylation is 1. The fourth-order valence-electron chi connectivity index (χ4n) is 2.36. The molecule has 0 atom stereocenters. The molecular formula is C21H22F2N2O3. The molecule has 5 nitrogen and oxygen atoms in total. The van der Waals surface area contributed by atoms with Crippen molar-refractivity contribution in [1.82, 2.24) is 5.48 Å². The first kappa shape index (κ1) is 21.1. The fourth-order valence-corrected chi connectivity index (χ4v) is 2.36. The number of allylic oxidation sites excluding steroid dienone is 3. The molecule has 0 heterocycles. The van der Waals surface area contributed by atoms with Gasteiger partial charge < -0.3 is 10.5 Å². The van der Waals surface area contributed by atoms with Crippen molar-refractivity contribution in [3.05, 3.63) is 94.8 Å². The average Bonchev–Trinajstić information content (AvgIpc) is 2.72. The zero-order chi connectivity index (χ0) is 20.4. The van der Waals surface area contributed by atoms with Gasteiger partial charge in [-0.05, 0) is 54.3 Å². The molecule has 0 saturated heterocycles. The van der Waals surface area contributed by atoms with E-state index in [1.807, 2.05) is 0 Å². The Balaban J connectivity index is 1.92. The zero-order valence-electron chi connectivity index (χ0n) is 15.5. The number of carbonyl (C=O) groups is 1. The van der Waals surface area contributed by atoms with Crippen LogP contribution in [0.4, 0.5) is 8.78 Å². The van der Waals surface area contributed by atoms with Gasteiger partial charge >= 0.3 is 5.97 Å². The summed E-state index contributed by atoms with van der Waals surface area (Å²) in [4.78, 5) is 16.9. The largest absolute Gasteiger partial charge is 0.465 e. The summed E-state index contributed by atoms with van der Waals surface area (Å²) in [6.07, 6.45) is 3.09. The predicted molar refractivity (Wildman–Crippen MR) is 102 cm³/mol. The van der Waals surface area contributed by atoms with E-state index < -0.39 is 11.8 Å². The van der Waals surface area contributed by atoms with Gasteiger partial charge in [0.1, 0.15) is 11.6 Å². The van der Waals surface area contributed by atoms with Gasteiger partial charge in [-0.2, -0.15) is 0 Å². The second-order valence-electron chi connectivity index (χ2n) is 5.93. The first-order valence-corrected chi connectivity index (χ1v) is 8.59. The highest BCUT2D eigenvalue weighted by atomic mass is 19.1. The van der Waals surface area contributed by atoms with Crippen LogP contribution < -0.4 is 11.2 Å². The Kier molecular flexibility index (Phi) is 8.17. The number of carbonyl (C=O) groups excluding carboxylic acids is 1. The monoisotopic (exact) mass is 388 g/mol. The molecule has 0 saturated carbocycles. The van der Waals surface area contributed by atoms with Crippen LogP contribution in [-0.2, 0) is 22.6 Å². The van der Waals surface area contributed by atoms with E-state index in [2.05, 4.69) is 10.2 Å². The van der Waals surface area contributed by atoms with Crippen LogP contribution in [0.3, 0.4) is 0 Å². The van der Waals surface area contributed by atoms with Gasteiger partial charge in [-0.1, -0.05) is 24.3 Å². The minimum absolute atomic E-state index is 0.198. The summed E-state index contributed by atoms with van der Waals surface area (Å²) in [5.41, 5.74) is 10.5. The molecule has 0 aliphatic heterocycles. The highest BCUT2D eigenvalue weighted by Gasteiger charge is 2.05. The van der Waals surface area contributed by atoms with Crippen LogP contribution in [0.25, 0.3) is 0 Å². The molecule has 2 aromatic carbocycles. The van der Waals surface area contributed by atoms with Crippen molar-refractivity contribution in [1.29, 1.82) is 0 Å². The second-order valence-corrected chi connectivity index (χ2v) is 5.93. The van der Waals surface area contributed by atoms with Crippen molar-refractivity contribution in [2.75, 3.05) is 7.11 Å². The molecule has 0 aliphatic rings. The maximum Gasteiger partial charge on any atom is 0.337 e. The molecule has 0 aromatic heterocycles. The smallest absolute Gasteiger partial charge is 0.337 e. The highest BCUT2D eigenvalue weighted by Crippen LogP contribution is 2.12. The van der Waals surface area contributed by atoms with Crippen LogP contribution in [0.2, 0.25) is 0 Å². The van der Waals surface area contributed by atoms with Crippen LogP contribution in [0.15, 0.2) is 72.3 Å². The van der Waals surface area contributed by atoms with E-state index in [1.54, 1.807) is 36.4 Å². The number of benzene rings is 2. The number of hydrogen-bond donors (Lipinski definition) is 2. The van der Waals surface area contributed by atoms with Gasteiger partial charge in [0.05, 0.1) is 19.3 Å². The first-order valence-electron chi connectivity index (χ1n) is 8.59. The van der Waals surface area contributed by atoms with Gasteiger partial charge in [0.15, 0.2) is 0 Å². The standard InChI is InChI=1S/C21H22F2N2O3/c1-27-21(26)17-7-2-16(3-8-17)14-28-25-20(12-19(23)13-24)11-6-15-4-9-18(22)10-5-15/h2-5,7-10,12-13,25H,6,11,14,24H2,1H3/b19-13+,20-12+. The number of esters is 1. The molecule has 7 heteroatoms. The van der Waals surface area contributed by atoms with Crippen LogP contribution in [0, 0.1) is 5.82 Å². The normalized spacial score (nSPS) is 12.0. The third-order valence-electron chi connectivity index (χ3n) is 3.88. The van der Waals surface area contributed by atoms with Crippen molar-refractivity contribution in [2.24, 2.45) is 5.73 Å². The molecule has 148 valence electrons. The summed E-state index contributed by atoms with van der Waals surface area (Å²) in [6.45, 7) is 0.198. The van der Waals surface area contributed by atoms with Crippen molar-refractivity contribution in [3.8, 4) is 0 Å². The third kappa shape index (κ3) is 6.85. The fraction of sp³-hybridized carbons (Fsp3) is 0.190. The minimum atomic E-state index is -0.604. The molecule has 0 spiro atoms. The lowest BCUT2D eigenvalue weighted by Crippen LogP contribution is -2.15. The molecule has 2 aromatic rings. The lowest BCUT2D eigenvalue weighted by atomic mass is 10.1. The third-order valence-corrected chi connectivity index (χ3v) is 3.88. The molecule has 0 amide bonds. The Morgan fingerprint density at radius 2 is 1.75 bits per heavy atom. The van der Waals surface area contributed by atoms with Crippen molar-refractivity contribution in [3.63, 3.8) is 0 Å². The molecule has 0 bridgehead atoms. The molecular weight excluding hydrogens is 366 g/mol. The number of halogens is 2. The lowest BCUT2D eigenvalue weighted by Gasteiger charge is -2.12. The van der Waals surface area contributed by atoms with Gasteiger partial charge in [-0.15, -0.1) is 0 Å². The topological polar surface area (TPSA) is 73.6 Å². The van der Waals surface area contributed by atoms with Gasteiger partial charge in [0.2, 0.25) is 0 Å². The van der Waals surface area contributed by atoms with E-state index >= 15 is 0 Å². The number of rotatable bonds is 9. The van der Waals surface area contributed by atoms with Gasteiger partial charge in [-0.3, -0.25) is 10.3 Å². The number of nitrogens with one attached hydrogen (secondary N) is 1. The van der Waals surface area contributed by atoms with E-state index in [1.165, 1.54) is 25.3 Å². The second kappa shape index (κ2) is 10.8. The maximum atomic E-state index is 13.5. The van der Waals surface area contributed by atoms with Crippen LogP contribution in [-0.4, -0.2) is 13.1 Å². The number of ether oxygens (including phenoxy) is 1. The molecule has 0 radical (unpaired) electrons. The summed E-state index contributed by atoms with van der Waals surface area (Å²) >= 11 is 0. The summed E-state index contributed by atoms with van der Waals surface area (Å²) in [5.74, 6) is -1.33. The highest BCUT2D eigenvalue weighted by molar-refractivity contribution is 5.89. The Hall–Kier alpha value is -3.19. The predicted octanol–water partition coefficient (Wildman–Crippen LogP) is 3.92. The van der Waals surface area contributed by atoms with Crippen LogP contribution >= 0.6 is 0 Å². The molecule has 0 unspecified atom stereocenters. The number of hydrogen-bond acceptors (Lipinski definition) is 5. The molecule has 0 aliphatic carbocycles. The number of methoxy groups -OCH3 is 1. The lowest BCUT2D eigenvalue weighted by molar-refractivity contribution is 0.0468. The van der Waals surface area contributed by atoms with Crippen molar-refractivity contribution < 1.29 is 23.1 Å². The average molecular weight is 388 g/mol. The molecule has 3 N–H and O–H groups in total. The summed E-state index contributed by atoms with van der Waals surface area (Å²) in [7, 11) is 1.32. The van der Waals surface area contributed by atoms with E-state index in [9.17, 15) is 13.6 Å². The number of nitrogens with two attached hydrogens (primary N) is 1.